The van der Waals surface area contributed by atoms with E-state index in [1.807, 2.05) is 18.2 Å². The minimum Gasteiger partial charge on any atom is -0.497 e. The Morgan fingerprint density at radius 3 is 1.87 bits per heavy atom. The van der Waals surface area contributed by atoms with Crippen molar-refractivity contribution >= 4 is 46.5 Å². The number of benzene rings is 5. The number of anilines is 1. The van der Waals surface area contributed by atoms with E-state index in [0.29, 0.717) is 44.6 Å². The van der Waals surface area contributed by atoms with Crippen LogP contribution in [0.25, 0.3) is 32.7 Å². The molecule has 3 aromatic heterocycles. The number of nitrogens with two attached hydrogens (primary N) is 1. The summed E-state index contributed by atoms with van der Waals surface area (Å²) in [5.74, 6) is 1.67. The highest BCUT2D eigenvalue weighted by Gasteiger charge is 2.39. The van der Waals surface area contributed by atoms with Gasteiger partial charge in [0.25, 0.3) is 0 Å². The Morgan fingerprint density at radius 1 is 0.689 bits per heavy atom. The highest BCUT2D eigenvalue weighted by molar-refractivity contribution is 7.93. The minimum absolute atomic E-state index is 0.105. The van der Waals surface area contributed by atoms with Gasteiger partial charge in [-0.3, -0.25) is 0 Å². The molecule has 0 unspecified atom stereocenters. The van der Waals surface area contributed by atoms with Crippen LogP contribution in [-0.2, 0) is 39.5 Å². The number of sulfonamides is 1. The number of hydrogen-bond acceptors (Lipinski definition) is 14. The molecule has 18 heteroatoms. The molecule has 61 heavy (non-hydrogen) atoms. The van der Waals surface area contributed by atoms with Crippen LogP contribution >= 0.6 is 11.3 Å². The SMILES string of the molecule is COc1ccc(CN(Cc2ccc(OC)cc2)S(=O)(=O)c2c(S(=O)(=O)c3ccccn3)ccc(-c3cccc4sc(N)nc34)c2-c2nnn(Cc3ccc(OC)cc3)n2)cc1. The summed E-state index contributed by atoms with van der Waals surface area (Å²) >= 11 is 1.26. The van der Waals surface area contributed by atoms with Crippen molar-refractivity contribution in [2.45, 2.75) is 34.5 Å². The third kappa shape index (κ3) is 8.38. The fraction of sp³-hybridized carbons (Fsp3) is 0.140. The van der Waals surface area contributed by atoms with E-state index in [9.17, 15) is 8.42 Å². The molecule has 0 radical (unpaired) electrons. The van der Waals surface area contributed by atoms with Crippen LogP contribution in [0.2, 0.25) is 0 Å². The van der Waals surface area contributed by atoms with Crippen LogP contribution in [0.1, 0.15) is 16.7 Å². The van der Waals surface area contributed by atoms with E-state index < -0.39 is 29.7 Å². The highest BCUT2D eigenvalue weighted by Crippen LogP contribution is 2.44. The van der Waals surface area contributed by atoms with Gasteiger partial charge in [-0.2, -0.15) is 9.10 Å². The number of ether oxygens (including phenoxy) is 3. The van der Waals surface area contributed by atoms with Crippen LogP contribution in [0.5, 0.6) is 17.2 Å². The third-order valence-electron chi connectivity index (χ3n) is 9.84. The molecule has 5 aromatic carbocycles. The van der Waals surface area contributed by atoms with E-state index in [1.54, 1.807) is 86.0 Å². The number of tetrazole rings is 1. The second kappa shape index (κ2) is 17.1. The van der Waals surface area contributed by atoms with Crippen LogP contribution in [0.15, 0.2) is 142 Å². The quantitative estimate of drug-likeness (QED) is 0.112. The van der Waals surface area contributed by atoms with E-state index in [1.165, 1.54) is 65.1 Å². The van der Waals surface area contributed by atoms with Crippen molar-refractivity contribution in [2.75, 3.05) is 27.1 Å². The third-order valence-corrected chi connectivity index (χ3v) is 14.4. The summed E-state index contributed by atoms with van der Waals surface area (Å²) in [7, 11) is -4.87. The zero-order valence-electron chi connectivity index (χ0n) is 33.0. The summed E-state index contributed by atoms with van der Waals surface area (Å²) in [6.07, 6.45) is 1.33. The smallest absolute Gasteiger partial charge is 0.245 e. The van der Waals surface area contributed by atoms with Gasteiger partial charge in [-0.25, -0.2) is 26.8 Å². The second-order valence-corrected chi connectivity index (χ2v) is 18.5. The van der Waals surface area contributed by atoms with Gasteiger partial charge in [0.2, 0.25) is 25.7 Å². The molecule has 0 aliphatic heterocycles. The first-order chi connectivity index (χ1) is 29.5. The fourth-order valence-electron chi connectivity index (χ4n) is 6.81. The number of pyridine rings is 1. The maximum Gasteiger partial charge on any atom is 0.245 e. The van der Waals surface area contributed by atoms with Crippen molar-refractivity contribution in [1.29, 1.82) is 0 Å². The zero-order valence-corrected chi connectivity index (χ0v) is 35.5. The molecular formula is C43H38N8O7S3. The first kappa shape index (κ1) is 41.0. The van der Waals surface area contributed by atoms with Crippen LogP contribution in [-0.4, -0.2) is 72.6 Å². The predicted octanol–water partition coefficient (Wildman–Crippen LogP) is 6.89. The number of nitrogen functional groups attached to an aromatic ring is 1. The Labute approximate surface area is 356 Å². The summed E-state index contributed by atoms with van der Waals surface area (Å²) in [5, 5.41) is 13.4. The lowest BCUT2D eigenvalue weighted by molar-refractivity contribution is 0.396. The van der Waals surface area contributed by atoms with Crippen LogP contribution in [0, 0.1) is 0 Å². The average molecular weight is 875 g/mol. The summed E-state index contributed by atoms with van der Waals surface area (Å²) in [6, 6.07) is 33.8. The van der Waals surface area contributed by atoms with Crippen molar-refractivity contribution in [1.82, 2.24) is 34.5 Å². The van der Waals surface area contributed by atoms with Gasteiger partial charge in [-0.05, 0) is 88.1 Å². The lowest BCUT2D eigenvalue weighted by Crippen LogP contribution is -2.32. The van der Waals surface area contributed by atoms with Gasteiger partial charge in [0.05, 0.1) is 48.5 Å². The van der Waals surface area contributed by atoms with Gasteiger partial charge < -0.3 is 19.9 Å². The molecule has 0 atom stereocenters. The average Bonchev–Trinajstić information content (AvgIpc) is 3.92. The molecule has 0 saturated heterocycles. The number of nitrogens with zero attached hydrogens (tertiary/aromatic N) is 7. The zero-order chi connectivity index (χ0) is 42.7. The lowest BCUT2D eigenvalue weighted by Gasteiger charge is -2.26. The predicted molar refractivity (Wildman–Crippen MR) is 230 cm³/mol. The molecule has 15 nitrogen and oxygen atoms in total. The minimum atomic E-state index is -4.87. The monoisotopic (exact) mass is 874 g/mol. The van der Waals surface area contributed by atoms with Crippen molar-refractivity contribution in [3.05, 3.63) is 144 Å². The maximum atomic E-state index is 16.0. The van der Waals surface area contributed by atoms with Gasteiger partial charge >= 0.3 is 0 Å². The van der Waals surface area contributed by atoms with Crippen molar-refractivity contribution < 1.29 is 31.0 Å². The van der Waals surface area contributed by atoms with Gasteiger partial charge in [0.1, 0.15) is 22.1 Å². The van der Waals surface area contributed by atoms with E-state index in [2.05, 4.69) is 20.3 Å². The highest BCUT2D eigenvalue weighted by atomic mass is 32.2. The molecule has 310 valence electrons. The molecule has 0 fully saturated rings. The van der Waals surface area contributed by atoms with Gasteiger partial charge in [0.15, 0.2) is 10.2 Å². The van der Waals surface area contributed by atoms with Crippen molar-refractivity contribution in [2.24, 2.45) is 0 Å². The molecule has 0 aliphatic rings. The molecule has 0 amide bonds. The number of methoxy groups -OCH3 is 3. The van der Waals surface area contributed by atoms with Crippen molar-refractivity contribution in [3.8, 4) is 39.8 Å². The Balaban J connectivity index is 1.41. The maximum absolute atomic E-state index is 16.0. The van der Waals surface area contributed by atoms with Gasteiger partial charge in [0, 0.05) is 24.8 Å². The molecular weight excluding hydrogens is 837 g/mol. The molecule has 0 aliphatic carbocycles. The first-order valence-corrected chi connectivity index (χ1v) is 22.4. The number of thiazole rings is 1. The number of rotatable bonds is 15. The number of aromatic nitrogens is 6. The van der Waals surface area contributed by atoms with E-state index in [0.717, 1.165) is 10.3 Å². The number of sulfone groups is 1. The molecule has 2 N–H and O–H groups in total. The topological polar surface area (TPSA) is 195 Å². The largest absolute Gasteiger partial charge is 0.497 e. The molecule has 8 rings (SSSR count). The van der Waals surface area contributed by atoms with E-state index in [4.69, 9.17) is 25.0 Å². The fourth-order valence-corrected chi connectivity index (χ4v) is 11.2. The molecule has 8 aromatic rings. The van der Waals surface area contributed by atoms with E-state index in [-0.39, 0.29) is 41.6 Å². The normalized spacial score (nSPS) is 11.9. The number of para-hydroxylation sites is 1. The Morgan fingerprint density at radius 2 is 1.30 bits per heavy atom. The Bertz CT molecular complexity index is 3000. The summed E-state index contributed by atoms with van der Waals surface area (Å²) in [4.78, 5) is 8.97. The molecule has 0 bridgehead atoms. The number of fused-ring (bicyclic) bond motifs is 1. The molecule has 3 heterocycles. The second-order valence-electron chi connectivity index (χ2n) is 13.7. The Kier molecular flexibility index (Phi) is 11.5. The standard InChI is InChI=1S/C43H38N8O7S3/c1-56-31-16-10-28(11-17-31)25-50(26-29-12-18-32(57-2)19-13-29)61(54,55)41-37(60(52,53)38-9-4-5-24-45-38)23-22-34(35-7-6-8-36-40(35)46-43(44)59-36)39(41)42-47-49-51(48-42)27-30-14-20-33(58-3)21-15-30/h4-24H,25-27H2,1-3H3,(H2,44,46). The Hall–Kier alpha value is -6.73. The van der Waals surface area contributed by atoms with Gasteiger partial charge in [-0.1, -0.05) is 72.0 Å². The first-order valence-electron chi connectivity index (χ1n) is 18.6. The molecule has 0 saturated carbocycles. The van der Waals surface area contributed by atoms with Crippen molar-refractivity contribution in [3.63, 3.8) is 0 Å². The molecule has 0 spiro atoms. The summed E-state index contributed by atoms with van der Waals surface area (Å²) in [5.41, 5.74) is 9.36. The van der Waals surface area contributed by atoms with Crippen LogP contribution < -0.4 is 19.9 Å². The summed E-state index contributed by atoms with van der Waals surface area (Å²) in [6.45, 7) is -0.179. The van der Waals surface area contributed by atoms with Crippen LogP contribution in [0.3, 0.4) is 0 Å². The summed E-state index contributed by atoms with van der Waals surface area (Å²) < 4.78 is 79.6. The van der Waals surface area contributed by atoms with Gasteiger partial charge in [-0.15, -0.1) is 10.2 Å². The number of hydrogen-bond donors (Lipinski definition) is 1. The van der Waals surface area contributed by atoms with E-state index >= 15 is 8.42 Å². The lowest BCUT2D eigenvalue weighted by atomic mass is 9.98. The van der Waals surface area contributed by atoms with Crippen LogP contribution in [0.4, 0.5) is 5.13 Å².